The van der Waals surface area contributed by atoms with Gasteiger partial charge in [0, 0.05) is 13.1 Å². The Morgan fingerprint density at radius 3 is 2.39 bits per heavy atom. The molecule has 2 aromatic carbocycles. The van der Waals surface area contributed by atoms with Crippen LogP contribution in [0.2, 0.25) is 10.0 Å². The first kappa shape index (κ1) is 21.9. The van der Waals surface area contributed by atoms with Crippen molar-refractivity contribution in [3.8, 4) is 11.5 Å². The Labute approximate surface area is 174 Å². The third-order valence-electron chi connectivity index (χ3n) is 3.93. The van der Waals surface area contributed by atoms with Gasteiger partial charge in [0.05, 0.1) is 17.2 Å². The minimum absolute atomic E-state index is 0.0983. The van der Waals surface area contributed by atoms with Gasteiger partial charge in [-0.1, -0.05) is 48.3 Å². The number of amides is 2. The van der Waals surface area contributed by atoms with Crippen molar-refractivity contribution >= 4 is 35.0 Å². The molecule has 0 heterocycles. The molecule has 0 aliphatic heterocycles. The summed E-state index contributed by atoms with van der Waals surface area (Å²) in [4.78, 5) is 24.3. The molecule has 0 fully saturated rings. The van der Waals surface area contributed by atoms with Crippen LogP contribution >= 0.6 is 23.2 Å². The molecule has 8 heteroatoms. The molecule has 2 rings (SSSR count). The highest BCUT2D eigenvalue weighted by atomic mass is 35.5. The Kier molecular flexibility index (Phi) is 8.42. The van der Waals surface area contributed by atoms with Crippen molar-refractivity contribution in [2.45, 2.75) is 13.3 Å². The number of halogens is 2. The number of methoxy groups -OCH3 is 1. The summed E-state index contributed by atoms with van der Waals surface area (Å²) in [5.74, 6) is 0.181. The molecule has 2 N–H and O–H groups in total. The lowest BCUT2D eigenvalue weighted by atomic mass is 10.1. The van der Waals surface area contributed by atoms with Crippen LogP contribution in [0.5, 0.6) is 11.5 Å². The van der Waals surface area contributed by atoms with Crippen LogP contribution in [0.25, 0.3) is 0 Å². The number of nitrogens with one attached hydrogen (secondary N) is 2. The van der Waals surface area contributed by atoms with E-state index >= 15 is 0 Å². The lowest BCUT2D eigenvalue weighted by molar-refractivity contribution is -0.123. The van der Waals surface area contributed by atoms with Crippen LogP contribution in [0, 0.1) is 0 Å². The summed E-state index contributed by atoms with van der Waals surface area (Å²) in [5, 5.41) is 5.87. The van der Waals surface area contributed by atoms with E-state index in [-0.39, 0.29) is 47.0 Å². The summed E-state index contributed by atoms with van der Waals surface area (Å²) in [6.45, 7) is 2.37. The molecule has 0 saturated heterocycles. The lowest BCUT2D eigenvalue weighted by Gasteiger charge is -2.13. The van der Waals surface area contributed by atoms with E-state index in [0.717, 1.165) is 12.0 Å². The number of carbonyl (C=O) groups excluding carboxylic acids is 2. The summed E-state index contributed by atoms with van der Waals surface area (Å²) < 4.78 is 10.7. The zero-order chi connectivity index (χ0) is 20.5. The fourth-order valence-corrected chi connectivity index (χ4v) is 3.01. The summed E-state index contributed by atoms with van der Waals surface area (Å²) in [6.07, 6.45) is 0.819. The Bertz CT molecular complexity index is 843. The van der Waals surface area contributed by atoms with Crippen LogP contribution in [0.1, 0.15) is 22.8 Å². The van der Waals surface area contributed by atoms with Gasteiger partial charge >= 0.3 is 0 Å². The second-order valence-corrected chi connectivity index (χ2v) is 6.61. The number of hydrogen-bond donors (Lipinski definition) is 2. The van der Waals surface area contributed by atoms with Crippen LogP contribution in [0.4, 0.5) is 0 Å². The van der Waals surface area contributed by atoms with E-state index in [1.165, 1.54) is 13.2 Å². The van der Waals surface area contributed by atoms with E-state index in [0.29, 0.717) is 5.75 Å². The van der Waals surface area contributed by atoms with Gasteiger partial charge in [0.2, 0.25) is 0 Å². The highest BCUT2D eigenvalue weighted by Crippen LogP contribution is 2.33. The smallest absolute Gasteiger partial charge is 0.258 e. The van der Waals surface area contributed by atoms with E-state index in [9.17, 15) is 9.59 Å². The van der Waals surface area contributed by atoms with E-state index in [1.54, 1.807) is 6.07 Å². The van der Waals surface area contributed by atoms with Gasteiger partial charge in [0.1, 0.15) is 11.3 Å². The molecule has 2 amide bonds. The van der Waals surface area contributed by atoms with Crippen LogP contribution in [-0.2, 0) is 11.2 Å². The molecule has 28 heavy (non-hydrogen) atoms. The van der Waals surface area contributed by atoms with Crippen molar-refractivity contribution in [1.29, 1.82) is 0 Å². The maximum atomic E-state index is 12.4. The number of aryl methyl sites for hydroxylation is 1. The van der Waals surface area contributed by atoms with Crippen LogP contribution < -0.4 is 20.1 Å². The van der Waals surface area contributed by atoms with Gasteiger partial charge in [-0.2, -0.15) is 0 Å². The molecule has 0 atom stereocenters. The Balaban J connectivity index is 1.79. The largest absolute Gasteiger partial charge is 0.494 e. The highest BCUT2D eigenvalue weighted by Gasteiger charge is 2.19. The van der Waals surface area contributed by atoms with Crippen molar-refractivity contribution in [1.82, 2.24) is 10.6 Å². The third kappa shape index (κ3) is 5.78. The number of hydrogen-bond acceptors (Lipinski definition) is 4. The molecule has 0 aliphatic rings. The van der Waals surface area contributed by atoms with Gasteiger partial charge in [0.15, 0.2) is 12.4 Å². The van der Waals surface area contributed by atoms with Gasteiger partial charge in [-0.15, -0.1) is 0 Å². The van der Waals surface area contributed by atoms with Crippen molar-refractivity contribution < 1.29 is 19.1 Å². The quantitative estimate of drug-likeness (QED) is 0.604. The Morgan fingerprint density at radius 1 is 1.00 bits per heavy atom. The fourth-order valence-electron chi connectivity index (χ4n) is 2.54. The molecule has 0 aliphatic carbocycles. The summed E-state index contributed by atoms with van der Waals surface area (Å²) in [6, 6.07) is 10.6. The number of rotatable bonds is 9. The van der Waals surface area contributed by atoms with Gasteiger partial charge < -0.3 is 20.1 Å². The van der Waals surface area contributed by atoms with Gasteiger partial charge in [-0.05, 0) is 30.2 Å². The average molecular weight is 425 g/mol. The average Bonchev–Trinajstić information content (AvgIpc) is 2.71. The van der Waals surface area contributed by atoms with Gasteiger partial charge in [-0.25, -0.2) is 0 Å². The second-order valence-electron chi connectivity index (χ2n) is 5.79. The zero-order valence-electron chi connectivity index (χ0n) is 15.7. The molecule has 2 aromatic rings. The molecule has 0 saturated carbocycles. The minimum atomic E-state index is -0.438. The van der Waals surface area contributed by atoms with Crippen LogP contribution in [0.15, 0.2) is 36.4 Å². The van der Waals surface area contributed by atoms with E-state index < -0.39 is 5.91 Å². The molecular weight excluding hydrogens is 403 g/mol. The standard InChI is InChI=1S/C20H22Cl2N2O4/c1-3-13-6-4-5-7-16(13)28-12-17(25)23-10-11-24-20(26)18-14(21)8-9-15(22)19(18)27-2/h4-9H,3,10-12H2,1-2H3,(H,23,25)(H,24,26). The summed E-state index contributed by atoms with van der Waals surface area (Å²) in [5.41, 5.74) is 1.19. The minimum Gasteiger partial charge on any atom is -0.494 e. The molecular formula is C20H22Cl2N2O4. The SMILES string of the molecule is CCc1ccccc1OCC(=O)NCCNC(=O)c1c(Cl)ccc(Cl)c1OC. The first-order valence-electron chi connectivity index (χ1n) is 8.75. The molecule has 6 nitrogen and oxygen atoms in total. The fraction of sp³-hybridized carbons (Fsp3) is 0.300. The molecule has 0 unspecified atom stereocenters. The maximum Gasteiger partial charge on any atom is 0.258 e. The second kappa shape index (κ2) is 10.8. The number of para-hydroxylation sites is 1. The lowest BCUT2D eigenvalue weighted by Crippen LogP contribution is -2.37. The van der Waals surface area contributed by atoms with Gasteiger partial charge in [-0.3, -0.25) is 9.59 Å². The highest BCUT2D eigenvalue weighted by molar-refractivity contribution is 6.37. The molecule has 0 aromatic heterocycles. The predicted octanol–water partition coefficient (Wildman–Crippen LogP) is 3.49. The van der Waals surface area contributed by atoms with Crippen molar-refractivity contribution in [2.24, 2.45) is 0 Å². The third-order valence-corrected chi connectivity index (χ3v) is 4.55. The van der Waals surface area contributed by atoms with Crippen molar-refractivity contribution in [3.05, 3.63) is 57.6 Å². The summed E-state index contributed by atoms with van der Waals surface area (Å²) >= 11 is 12.1. The van der Waals surface area contributed by atoms with E-state index in [4.69, 9.17) is 32.7 Å². The monoisotopic (exact) mass is 424 g/mol. The predicted molar refractivity (Wildman–Crippen MR) is 110 cm³/mol. The first-order chi connectivity index (χ1) is 13.5. The molecule has 0 spiro atoms. The van der Waals surface area contributed by atoms with E-state index in [2.05, 4.69) is 10.6 Å². The topological polar surface area (TPSA) is 76.7 Å². The molecule has 0 bridgehead atoms. The number of benzene rings is 2. The van der Waals surface area contributed by atoms with Gasteiger partial charge in [0.25, 0.3) is 11.8 Å². The number of ether oxygens (including phenoxy) is 2. The van der Waals surface area contributed by atoms with Crippen molar-refractivity contribution in [2.75, 3.05) is 26.8 Å². The first-order valence-corrected chi connectivity index (χ1v) is 9.51. The van der Waals surface area contributed by atoms with Crippen LogP contribution in [-0.4, -0.2) is 38.6 Å². The maximum absolute atomic E-state index is 12.4. The Morgan fingerprint density at radius 2 is 1.68 bits per heavy atom. The molecule has 0 radical (unpaired) electrons. The summed E-state index contributed by atoms with van der Waals surface area (Å²) in [7, 11) is 1.41. The van der Waals surface area contributed by atoms with Crippen molar-refractivity contribution in [3.63, 3.8) is 0 Å². The Hall–Kier alpha value is -2.44. The van der Waals surface area contributed by atoms with Crippen LogP contribution in [0.3, 0.4) is 0 Å². The normalized spacial score (nSPS) is 10.3. The zero-order valence-corrected chi connectivity index (χ0v) is 17.2. The van der Waals surface area contributed by atoms with E-state index in [1.807, 2.05) is 31.2 Å². The number of carbonyl (C=O) groups is 2. The molecule has 150 valence electrons.